The topological polar surface area (TPSA) is 28.4 Å². The minimum absolute atomic E-state index is 0.358. The first-order valence-corrected chi connectivity index (χ1v) is 7.08. The third-order valence-electron chi connectivity index (χ3n) is 4.26. The highest BCUT2D eigenvalue weighted by Crippen LogP contribution is 2.30. The molecule has 0 saturated carbocycles. The summed E-state index contributed by atoms with van der Waals surface area (Å²) < 4.78 is 5.51. The molecule has 1 aromatic heterocycles. The first-order valence-electron chi connectivity index (χ1n) is 7.08. The van der Waals surface area contributed by atoms with Gasteiger partial charge >= 0.3 is 0 Å². The van der Waals surface area contributed by atoms with E-state index in [0.29, 0.717) is 11.5 Å². The number of hydrogen-bond acceptors (Lipinski definition) is 3. The Morgan fingerprint density at radius 3 is 2.72 bits per heavy atom. The standard InChI is InChI=1S/C15H26N2O/c1-4-13(14-6-5-11-18-14)16-12-15(2)7-9-17(3)10-8-15/h5-6,11,13,16H,4,7-10,12H2,1-3H3. The highest BCUT2D eigenvalue weighted by Gasteiger charge is 2.29. The number of rotatable bonds is 5. The number of nitrogens with zero attached hydrogens (tertiary/aromatic N) is 1. The van der Waals surface area contributed by atoms with Crippen LogP contribution in [0.25, 0.3) is 0 Å². The summed E-state index contributed by atoms with van der Waals surface area (Å²) in [5, 5.41) is 3.68. The summed E-state index contributed by atoms with van der Waals surface area (Å²) in [5.41, 5.74) is 0.437. The number of furan rings is 1. The molecule has 1 aliphatic heterocycles. The summed E-state index contributed by atoms with van der Waals surface area (Å²) in [6.45, 7) is 8.13. The summed E-state index contributed by atoms with van der Waals surface area (Å²) in [4.78, 5) is 2.42. The van der Waals surface area contributed by atoms with Crippen molar-refractivity contribution in [3.05, 3.63) is 24.2 Å². The third-order valence-corrected chi connectivity index (χ3v) is 4.26. The maximum atomic E-state index is 5.51. The van der Waals surface area contributed by atoms with Crippen molar-refractivity contribution in [2.75, 3.05) is 26.7 Å². The number of nitrogens with one attached hydrogen (secondary N) is 1. The summed E-state index contributed by atoms with van der Waals surface area (Å²) in [6, 6.07) is 4.39. The van der Waals surface area contributed by atoms with Crippen LogP contribution in [0.2, 0.25) is 0 Å². The van der Waals surface area contributed by atoms with E-state index in [4.69, 9.17) is 4.42 Å². The average Bonchev–Trinajstić information content (AvgIpc) is 2.88. The Hall–Kier alpha value is -0.800. The first kappa shape index (κ1) is 13.6. The van der Waals surface area contributed by atoms with E-state index in [1.165, 1.54) is 25.9 Å². The lowest BCUT2D eigenvalue weighted by atomic mass is 9.80. The second-order valence-electron chi connectivity index (χ2n) is 5.97. The minimum Gasteiger partial charge on any atom is -0.468 e. The molecule has 0 bridgehead atoms. The van der Waals surface area contributed by atoms with Gasteiger partial charge in [-0.05, 0) is 56.9 Å². The Bertz CT molecular complexity index is 339. The highest BCUT2D eigenvalue weighted by molar-refractivity contribution is 5.04. The van der Waals surface area contributed by atoms with Gasteiger partial charge in [-0.25, -0.2) is 0 Å². The average molecular weight is 250 g/mol. The maximum Gasteiger partial charge on any atom is 0.120 e. The Kier molecular flexibility index (Phi) is 4.46. The molecule has 2 heterocycles. The third kappa shape index (κ3) is 3.36. The van der Waals surface area contributed by atoms with E-state index in [9.17, 15) is 0 Å². The second-order valence-corrected chi connectivity index (χ2v) is 5.97. The van der Waals surface area contributed by atoms with Crippen LogP contribution < -0.4 is 5.32 Å². The van der Waals surface area contributed by atoms with Crippen molar-refractivity contribution in [3.8, 4) is 0 Å². The van der Waals surface area contributed by atoms with Gasteiger partial charge in [0, 0.05) is 6.54 Å². The monoisotopic (exact) mass is 250 g/mol. The molecule has 0 aliphatic carbocycles. The Labute approximate surface area is 111 Å². The van der Waals surface area contributed by atoms with Crippen molar-refractivity contribution in [1.29, 1.82) is 0 Å². The van der Waals surface area contributed by atoms with Crippen molar-refractivity contribution >= 4 is 0 Å². The molecule has 0 amide bonds. The molecule has 1 saturated heterocycles. The van der Waals surface area contributed by atoms with Crippen LogP contribution in [0.4, 0.5) is 0 Å². The number of piperidine rings is 1. The van der Waals surface area contributed by atoms with E-state index in [-0.39, 0.29) is 0 Å². The molecule has 1 unspecified atom stereocenters. The molecule has 1 atom stereocenters. The molecule has 3 nitrogen and oxygen atoms in total. The quantitative estimate of drug-likeness (QED) is 0.870. The van der Waals surface area contributed by atoms with E-state index >= 15 is 0 Å². The lowest BCUT2D eigenvalue weighted by Gasteiger charge is -2.38. The van der Waals surface area contributed by atoms with Gasteiger partial charge < -0.3 is 14.6 Å². The molecular formula is C15H26N2O. The van der Waals surface area contributed by atoms with Crippen LogP contribution in [-0.2, 0) is 0 Å². The van der Waals surface area contributed by atoms with E-state index in [0.717, 1.165) is 18.7 Å². The van der Waals surface area contributed by atoms with Crippen molar-refractivity contribution < 1.29 is 4.42 Å². The molecule has 1 aliphatic rings. The van der Waals surface area contributed by atoms with Crippen LogP contribution in [0.15, 0.2) is 22.8 Å². The molecule has 0 aromatic carbocycles. The summed E-state index contributed by atoms with van der Waals surface area (Å²) in [5.74, 6) is 1.06. The Balaban J connectivity index is 1.86. The van der Waals surface area contributed by atoms with Crippen LogP contribution in [0.5, 0.6) is 0 Å². The Morgan fingerprint density at radius 2 is 2.17 bits per heavy atom. The van der Waals surface area contributed by atoms with E-state index < -0.39 is 0 Å². The van der Waals surface area contributed by atoms with E-state index in [2.05, 4.69) is 37.2 Å². The lowest BCUT2D eigenvalue weighted by Crippen LogP contribution is -2.42. The van der Waals surface area contributed by atoms with Gasteiger partial charge in [-0.2, -0.15) is 0 Å². The minimum atomic E-state index is 0.358. The van der Waals surface area contributed by atoms with Gasteiger partial charge in [0.2, 0.25) is 0 Å². The van der Waals surface area contributed by atoms with Gasteiger partial charge in [0.05, 0.1) is 12.3 Å². The molecule has 0 spiro atoms. The van der Waals surface area contributed by atoms with Crippen molar-refractivity contribution in [1.82, 2.24) is 10.2 Å². The largest absolute Gasteiger partial charge is 0.468 e. The molecule has 2 rings (SSSR count). The normalized spacial score (nSPS) is 21.9. The molecule has 1 aromatic rings. The smallest absolute Gasteiger partial charge is 0.120 e. The fraction of sp³-hybridized carbons (Fsp3) is 0.733. The van der Waals surface area contributed by atoms with Crippen LogP contribution in [0.3, 0.4) is 0 Å². The first-order chi connectivity index (χ1) is 8.63. The zero-order valence-electron chi connectivity index (χ0n) is 11.9. The van der Waals surface area contributed by atoms with Crippen LogP contribution in [0.1, 0.15) is 44.9 Å². The second kappa shape index (κ2) is 5.89. The zero-order chi connectivity index (χ0) is 13.0. The SMILES string of the molecule is CCC(NCC1(C)CCN(C)CC1)c1ccco1. The van der Waals surface area contributed by atoms with Gasteiger partial charge in [0.1, 0.15) is 5.76 Å². The highest BCUT2D eigenvalue weighted by atomic mass is 16.3. The van der Waals surface area contributed by atoms with Gasteiger partial charge in [-0.1, -0.05) is 13.8 Å². The van der Waals surface area contributed by atoms with Gasteiger partial charge in [-0.3, -0.25) is 0 Å². The summed E-state index contributed by atoms with van der Waals surface area (Å²) >= 11 is 0. The maximum absolute atomic E-state index is 5.51. The van der Waals surface area contributed by atoms with Gasteiger partial charge in [-0.15, -0.1) is 0 Å². The number of hydrogen-bond donors (Lipinski definition) is 1. The molecule has 0 radical (unpaired) electrons. The fourth-order valence-corrected chi connectivity index (χ4v) is 2.64. The molecule has 3 heteroatoms. The van der Waals surface area contributed by atoms with Gasteiger partial charge in [0.25, 0.3) is 0 Å². The van der Waals surface area contributed by atoms with Crippen LogP contribution in [0, 0.1) is 5.41 Å². The predicted molar refractivity (Wildman–Crippen MR) is 74.6 cm³/mol. The lowest BCUT2D eigenvalue weighted by molar-refractivity contribution is 0.131. The summed E-state index contributed by atoms with van der Waals surface area (Å²) in [6.07, 6.45) is 5.40. The molecule has 1 N–H and O–H groups in total. The van der Waals surface area contributed by atoms with E-state index in [1.807, 2.05) is 6.07 Å². The molecule has 102 valence electrons. The molecular weight excluding hydrogens is 224 g/mol. The van der Waals surface area contributed by atoms with Crippen molar-refractivity contribution in [3.63, 3.8) is 0 Å². The molecule has 18 heavy (non-hydrogen) atoms. The van der Waals surface area contributed by atoms with Crippen LogP contribution >= 0.6 is 0 Å². The summed E-state index contributed by atoms with van der Waals surface area (Å²) in [7, 11) is 2.21. The van der Waals surface area contributed by atoms with Gasteiger partial charge in [0.15, 0.2) is 0 Å². The predicted octanol–water partition coefficient (Wildman–Crippen LogP) is 3.05. The van der Waals surface area contributed by atoms with E-state index in [1.54, 1.807) is 6.26 Å². The number of likely N-dealkylation sites (tertiary alicyclic amines) is 1. The Morgan fingerprint density at radius 1 is 1.44 bits per heavy atom. The molecule has 1 fully saturated rings. The van der Waals surface area contributed by atoms with Crippen molar-refractivity contribution in [2.45, 2.75) is 39.2 Å². The van der Waals surface area contributed by atoms with Crippen LogP contribution in [-0.4, -0.2) is 31.6 Å². The van der Waals surface area contributed by atoms with Crippen molar-refractivity contribution in [2.24, 2.45) is 5.41 Å². The fourth-order valence-electron chi connectivity index (χ4n) is 2.64. The zero-order valence-corrected chi connectivity index (χ0v) is 11.9.